The van der Waals surface area contributed by atoms with Crippen LogP contribution in [0.2, 0.25) is 0 Å². The van der Waals surface area contributed by atoms with E-state index in [1.165, 1.54) is 11.1 Å². The van der Waals surface area contributed by atoms with E-state index in [-0.39, 0.29) is 0 Å². The molecule has 4 heteroatoms. The Kier molecular flexibility index (Phi) is 3.41. The largest absolute Gasteiger partial charge is 0.385 e. The molecule has 0 spiro atoms. The number of benzene rings is 1. The number of rotatable bonds is 4. The van der Waals surface area contributed by atoms with Crippen molar-refractivity contribution in [2.24, 2.45) is 0 Å². The Bertz CT molecular complexity index is 541. The van der Waals surface area contributed by atoms with Gasteiger partial charge in [0.25, 0.3) is 0 Å². The third-order valence-corrected chi connectivity index (χ3v) is 2.98. The highest BCUT2D eigenvalue weighted by Crippen LogP contribution is 2.16. The van der Waals surface area contributed by atoms with Gasteiger partial charge < -0.3 is 14.3 Å². The summed E-state index contributed by atoms with van der Waals surface area (Å²) in [7, 11) is 1.72. The van der Waals surface area contributed by atoms with E-state index in [4.69, 9.17) is 17.0 Å². The number of nitrogens with zero attached hydrogens (tertiary/aromatic N) is 1. The van der Waals surface area contributed by atoms with Gasteiger partial charge in [-0.2, -0.15) is 0 Å². The molecule has 0 saturated heterocycles. The van der Waals surface area contributed by atoms with Crippen molar-refractivity contribution in [2.45, 2.75) is 19.9 Å². The Morgan fingerprint density at radius 3 is 3.00 bits per heavy atom. The Balaban J connectivity index is 2.38. The van der Waals surface area contributed by atoms with Gasteiger partial charge in [0.2, 0.25) is 0 Å². The van der Waals surface area contributed by atoms with Crippen molar-refractivity contribution in [1.29, 1.82) is 0 Å². The first-order valence-corrected chi connectivity index (χ1v) is 5.81. The second-order valence-corrected chi connectivity index (χ2v) is 4.34. The highest BCUT2D eigenvalue weighted by atomic mass is 32.1. The van der Waals surface area contributed by atoms with E-state index in [0.29, 0.717) is 0 Å². The number of methoxy groups -OCH3 is 1. The normalized spacial score (nSPS) is 11.1. The maximum Gasteiger partial charge on any atom is 0.178 e. The average Bonchev–Trinajstić information content (AvgIpc) is 2.56. The molecule has 1 aromatic carbocycles. The predicted octanol–water partition coefficient (Wildman–Crippen LogP) is 3.04. The van der Waals surface area contributed by atoms with Crippen LogP contribution in [0.25, 0.3) is 11.0 Å². The summed E-state index contributed by atoms with van der Waals surface area (Å²) in [6, 6.07) is 6.33. The first kappa shape index (κ1) is 11.4. The molecule has 1 heterocycles. The van der Waals surface area contributed by atoms with Gasteiger partial charge >= 0.3 is 0 Å². The standard InChI is InChI=1S/C12H16N2OS/c1-9-4-5-10-11(8-9)14(12(16)13-10)6-3-7-15-2/h4-5,8H,3,6-7H2,1-2H3,(H,13,16). The van der Waals surface area contributed by atoms with Crippen molar-refractivity contribution >= 4 is 23.3 Å². The van der Waals surface area contributed by atoms with E-state index < -0.39 is 0 Å². The van der Waals surface area contributed by atoms with Crippen LogP contribution in [0.4, 0.5) is 0 Å². The lowest BCUT2D eigenvalue weighted by Gasteiger charge is -2.04. The minimum absolute atomic E-state index is 0.764. The van der Waals surface area contributed by atoms with Crippen LogP contribution in [-0.4, -0.2) is 23.3 Å². The molecule has 1 aromatic heterocycles. The quantitative estimate of drug-likeness (QED) is 0.653. The van der Waals surface area contributed by atoms with E-state index in [2.05, 4.69) is 34.7 Å². The van der Waals surface area contributed by atoms with Gasteiger partial charge in [-0.1, -0.05) is 6.07 Å². The third kappa shape index (κ3) is 2.18. The van der Waals surface area contributed by atoms with E-state index >= 15 is 0 Å². The minimum Gasteiger partial charge on any atom is -0.385 e. The SMILES string of the molecule is COCCCn1c(=S)[nH]c2ccc(C)cc21. The fourth-order valence-corrected chi connectivity index (χ4v) is 2.15. The molecule has 0 saturated carbocycles. The molecule has 0 atom stereocenters. The maximum atomic E-state index is 5.31. The van der Waals surface area contributed by atoms with Crippen molar-refractivity contribution in [1.82, 2.24) is 9.55 Å². The fourth-order valence-electron chi connectivity index (χ4n) is 1.85. The second-order valence-electron chi connectivity index (χ2n) is 3.95. The molecule has 0 aliphatic rings. The number of aromatic nitrogens is 2. The smallest absolute Gasteiger partial charge is 0.178 e. The lowest BCUT2D eigenvalue weighted by Crippen LogP contribution is -2.01. The van der Waals surface area contributed by atoms with Crippen LogP contribution in [0.5, 0.6) is 0 Å². The Morgan fingerprint density at radius 2 is 2.25 bits per heavy atom. The molecular formula is C12H16N2OS. The monoisotopic (exact) mass is 236 g/mol. The molecule has 0 aliphatic carbocycles. The van der Waals surface area contributed by atoms with Crippen molar-refractivity contribution in [3.63, 3.8) is 0 Å². The number of hydrogen-bond acceptors (Lipinski definition) is 2. The minimum atomic E-state index is 0.764. The zero-order valence-corrected chi connectivity index (χ0v) is 10.4. The molecule has 16 heavy (non-hydrogen) atoms. The number of hydrogen-bond donors (Lipinski definition) is 1. The average molecular weight is 236 g/mol. The number of imidazole rings is 1. The maximum absolute atomic E-state index is 5.31. The van der Waals surface area contributed by atoms with E-state index in [9.17, 15) is 0 Å². The van der Waals surface area contributed by atoms with Crippen LogP contribution in [0, 0.1) is 11.7 Å². The first-order chi connectivity index (χ1) is 7.72. The van der Waals surface area contributed by atoms with Crippen LogP contribution in [0.1, 0.15) is 12.0 Å². The van der Waals surface area contributed by atoms with Crippen LogP contribution in [0.15, 0.2) is 18.2 Å². The summed E-state index contributed by atoms with van der Waals surface area (Å²) in [4.78, 5) is 3.22. The first-order valence-electron chi connectivity index (χ1n) is 5.40. The zero-order valence-electron chi connectivity index (χ0n) is 9.62. The molecule has 0 fully saturated rings. The Labute approximate surface area is 100 Å². The van der Waals surface area contributed by atoms with Gasteiger partial charge in [0.15, 0.2) is 4.77 Å². The highest BCUT2D eigenvalue weighted by Gasteiger charge is 2.03. The fraction of sp³-hybridized carbons (Fsp3) is 0.417. The molecule has 0 aliphatic heterocycles. The number of nitrogens with one attached hydrogen (secondary N) is 1. The lowest BCUT2D eigenvalue weighted by molar-refractivity contribution is 0.190. The van der Waals surface area contributed by atoms with Gasteiger partial charge in [0, 0.05) is 20.3 Å². The second kappa shape index (κ2) is 4.80. The van der Waals surface area contributed by atoms with Crippen molar-refractivity contribution in [2.75, 3.05) is 13.7 Å². The van der Waals surface area contributed by atoms with Gasteiger partial charge in [0.1, 0.15) is 0 Å². The van der Waals surface area contributed by atoms with Gasteiger partial charge in [-0.05, 0) is 43.3 Å². The van der Waals surface area contributed by atoms with Gasteiger partial charge in [0.05, 0.1) is 11.0 Å². The van der Waals surface area contributed by atoms with Crippen molar-refractivity contribution in [3.05, 3.63) is 28.5 Å². The number of aromatic amines is 1. The number of H-pyrrole nitrogens is 1. The molecule has 0 amide bonds. The van der Waals surface area contributed by atoms with Crippen LogP contribution < -0.4 is 0 Å². The van der Waals surface area contributed by atoms with E-state index in [1.54, 1.807) is 7.11 Å². The molecule has 0 unspecified atom stereocenters. The molecule has 2 aromatic rings. The van der Waals surface area contributed by atoms with Gasteiger partial charge in [-0.15, -0.1) is 0 Å². The molecule has 0 bridgehead atoms. The molecule has 3 nitrogen and oxygen atoms in total. The molecule has 0 radical (unpaired) electrons. The molecule has 2 rings (SSSR count). The Hall–Kier alpha value is -1.13. The van der Waals surface area contributed by atoms with Gasteiger partial charge in [-0.25, -0.2) is 0 Å². The molecule has 86 valence electrons. The molecular weight excluding hydrogens is 220 g/mol. The van der Waals surface area contributed by atoms with Crippen LogP contribution >= 0.6 is 12.2 Å². The summed E-state index contributed by atoms with van der Waals surface area (Å²) in [5, 5.41) is 0. The zero-order chi connectivity index (χ0) is 11.5. The van der Waals surface area contributed by atoms with Crippen molar-refractivity contribution < 1.29 is 4.74 Å². The van der Waals surface area contributed by atoms with E-state index in [0.717, 1.165) is 29.9 Å². The summed E-state index contributed by atoms with van der Waals surface area (Å²) >= 11 is 5.31. The summed E-state index contributed by atoms with van der Waals surface area (Å²) in [5.74, 6) is 0. The van der Waals surface area contributed by atoms with Crippen LogP contribution in [-0.2, 0) is 11.3 Å². The summed E-state index contributed by atoms with van der Waals surface area (Å²) in [6.07, 6.45) is 0.978. The lowest BCUT2D eigenvalue weighted by atomic mass is 10.2. The number of ether oxygens (including phenoxy) is 1. The van der Waals surface area contributed by atoms with E-state index in [1.807, 2.05) is 0 Å². The van der Waals surface area contributed by atoms with Crippen LogP contribution in [0.3, 0.4) is 0 Å². The Morgan fingerprint density at radius 1 is 1.44 bits per heavy atom. The predicted molar refractivity (Wildman–Crippen MR) is 68.4 cm³/mol. The summed E-state index contributed by atoms with van der Waals surface area (Å²) in [6.45, 7) is 3.76. The molecule has 1 N–H and O–H groups in total. The number of aryl methyl sites for hydroxylation is 2. The topological polar surface area (TPSA) is 29.9 Å². The third-order valence-electron chi connectivity index (χ3n) is 2.66. The summed E-state index contributed by atoms with van der Waals surface area (Å²) < 4.78 is 7.98. The number of fused-ring (bicyclic) bond motifs is 1. The highest BCUT2D eigenvalue weighted by molar-refractivity contribution is 7.71. The van der Waals surface area contributed by atoms with Gasteiger partial charge in [-0.3, -0.25) is 0 Å². The van der Waals surface area contributed by atoms with Crippen molar-refractivity contribution in [3.8, 4) is 0 Å². The summed E-state index contributed by atoms with van der Waals surface area (Å²) in [5.41, 5.74) is 3.54.